The number of piperazine rings is 2. The molecule has 3 aliphatic rings. The Morgan fingerprint density at radius 1 is 1.21 bits per heavy atom. The van der Waals surface area contributed by atoms with Gasteiger partial charge in [0.2, 0.25) is 11.8 Å². The van der Waals surface area contributed by atoms with E-state index < -0.39 is 0 Å². The molecule has 9 nitrogen and oxygen atoms in total. The number of carbonyl (C=O) groups is 2. The van der Waals surface area contributed by atoms with Crippen LogP contribution in [-0.2, 0) is 14.3 Å². The molecule has 0 radical (unpaired) electrons. The molecule has 3 fully saturated rings. The molecule has 0 aliphatic carbocycles. The van der Waals surface area contributed by atoms with Crippen LogP contribution in [0.3, 0.4) is 0 Å². The zero-order valence-corrected chi connectivity index (χ0v) is 20.7. The van der Waals surface area contributed by atoms with E-state index in [4.69, 9.17) is 17.0 Å². The first-order valence-electron chi connectivity index (χ1n) is 12.2. The number of benzene rings is 1. The molecular formula is C24H36N6O3S. The van der Waals surface area contributed by atoms with Gasteiger partial charge in [0.05, 0.1) is 12.6 Å². The van der Waals surface area contributed by atoms with Gasteiger partial charge in [0.15, 0.2) is 5.11 Å². The van der Waals surface area contributed by atoms with E-state index in [1.165, 1.54) is 5.69 Å². The van der Waals surface area contributed by atoms with Gasteiger partial charge in [0.1, 0.15) is 0 Å². The standard InChI is InChI=1S/C24H36N6O3S/c1-33-14-9-25-24(34)27-18-15-21-23(32)26-16-20(30(21)17-18)7-8-22(31)29-12-10-28(11-13-29)19-5-3-2-4-6-19/h2-6,18,20-21H,7-17H2,1H3,(H,26,32)(H2,25,27,34)/t18-,20-,21+/m1/s1. The second kappa shape index (κ2) is 11.8. The Morgan fingerprint density at radius 3 is 2.71 bits per heavy atom. The minimum absolute atomic E-state index is 0.0715. The summed E-state index contributed by atoms with van der Waals surface area (Å²) >= 11 is 5.38. The van der Waals surface area contributed by atoms with Crippen LogP contribution in [0.2, 0.25) is 0 Å². The zero-order chi connectivity index (χ0) is 23.9. The first-order valence-corrected chi connectivity index (χ1v) is 12.6. The number of methoxy groups -OCH3 is 1. The highest BCUT2D eigenvalue weighted by molar-refractivity contribution is 7.80. The third kappa shape index (κ3) is 6.17. The summed E-state index contributed by atoms with van der Waals surface area (Å²) < 4.78 is 5.04. The number of carbonyl (C=O) groups excluding carboxylic acids is 2. The molecule has 0 spiro atoms. The normalized spacial score (nSPS) is 25.0. The van der Waals surface area contributed by atoms with Crippen LogP contribution in [0.1, 0.15) is 19.3 Å². The summed E-state index contributed by atoms with van der Waals surface area (Å²) in [5.41, 5.74) is 1.21. The Bertz CT molecular complexity index is 848. The fourth-order valence-corrected chi connectivity index (χ4v) is 5.42. The Hall–Kier alpha value is -2.43. The van der Waals surface area contributed by atoms with Crippen LogP contribution in [0, 0.1) is 0 Å². The lowest BCUT2D eigenvalue weighted by Gasteiger charge is -2.38. The number of hydrogen-bond donors (Lipinski definition) is 3. The van der Waals surface area contributed by atoms with E-state index in [2.05, 4.69) is 37.9 Å². The van der Waals surface area contributed by atoms with Gasteiger partial charge in [-0.3, -0.25) is 14.5 Å². The predicted octanol–water partition coefficient (Wildman–Crippen LogP) is 0.167. The highest BCUT2D eigenvalue weighted by atomic mass is 32.1. The fourth-order valence-electron chi connectivity index (χ4n) is 5.15. The number of para-hydroxylation sites is 1. The van der Waals surface area contributed by atoms with Crippen molar-refractivity contribution in [2.45, 2.75) is 37.4 Å². The number of thiocarbonyl (C=S) groups is 1. The Morgan fingerprint density at radius 2 is 1.97 bits per heavy atom. The highest BCUT2D eigenvalue weighted by Gasteiger charge is 2.43. The van der Waals surface area contributed by atoms with Crippen molar-refractivity contribution in [1.29, 1.82) is 0 Å². The van der Waals surface area contributed by atoms with Gasteiger partial charge in [-0.25, -0.2) is 0 Å². The van der Waals surface area contributed by atoms with Gasteiger partial charge in [-0.2, -0.15) is 0 Å². The average Bonchev–Trinajstić information content (AvgIpc) is 3.29. The molecule has 0 bridgehead atoms. The molecule has 1 aromatic rings. The first-order chi connectivity index (χ1) is 16.5. The Labute approximate surface area is 207 Å². The average molecular weight is 489 g/mol. The summed E-state index contributed by atoms with van der Waals surface area (Å²) in [7, 11) is 1.65. The van der Waals surface area contributed by atoms with Crippen molar-refractivity contribution < 1.29 is 14.3 Å². The molecule has 3 atom stereocenters. The number of nitrogens with zero attached hydrogens (tertiary/aromatic N) is 3. The van der Waals surface area contributed by atoms with Gasteiger partial charge >= 0.3 is 0 Å². The van der Waals surface area contributed by atoms with Crippen molar-refractivity contribution in [2.24, 2.45) is 0 Å². The molecule has 3 N–H and O–H groups in total. The molecule has 0 aromatic heterocycles. The van der Waals surface area contributed by atoms with Crippen LogP contribution in [0.4, 0.5) is 5.69 Å². The van der Waals surface area contributed by atoms with Crippen LogP contribution in [0.25, 0.3) is 0 Å². The molecule has 3 heterocycles. The van der Waals surface area contributed by atoms with Crippen LogP contribution in [0.15, 0.2) is 30.3 Å². The summed E-state index contributed by atoms with van der Waals surface area (Å²) in [5, 5.41) is 10.1. The topological polar surface area (TPSA) is 89.2 Å². The number of hydrogen-bond acceptors (Lipinski definition) is 6. The van der Waals surface area contributed by atoms with Crippen molar-refractivity contribution in [3.63, 3.8) is 0 Å². The maximum absolute atomic E-state index is 12.9. The van der Waals surface area contributed by atoms with Crippen molar-refractivity contribution in [3.8, 4) is 0 Å². The molecule has 0 unspecified atom stereocenters. The van der Waals surface area contributed by atoms with E-state index in [1.54, 1.807) is 7.11 Å². The lowest BCUT2D eigenvalue weighted by molar-refractivity contribution is -0.132. The molecule has 0 saturated carbocycles. The number of anilines is 1. The third-order valence-corrected chi connectivity index (χ3v) is 7.26. The molecular weight excluding hydrogens is 452 g/mol. The van der Waals surface area contributed by atoms with Gasteiger partial charge in [-0.1, -0.05) is 18.2 Å². The van der Waals surface area contributed by atoms with Gasteiger partial charge in [0, 0.05) is 77.1 Å². The SMILES string of the molecule is COCCNC(=S)N[C@@H]1C[C@H]2C(=O)NC[C@@H](CCC(=O)N3CCN(c4ccccc4)CC3)N2C1. The quantitative estimate of drug-likeness (QED) is 0.353. The number of rotatable bonds is 8. The predicted molar refractivity (Wildman–Crippen MR) is 136 cm³/mol. The maximum atomic E-state index is 12.9. The lowest BCUT2D eigenvalue weighted by Crippen LogP contribution is -2.58. The van der Waals surface area contributed by atoms with Gasteiger partial charge in [-0.15, -0.1) is 0 Å². The molecule has 10 heteroatoms. The maximum Gasteiger partial charge on any atom is 0.237 e. The molecule has 3 aliphatic heterocycles. The van der Waals surface area contributed by atoms with E-state index in [0.29, 0.717) is 37.7 Å². The molecule has 3 saturated heterocycles. The fraction of sp³-hybridized carbons (Fsp3) is 0.625. The highest BCUT2D eigenvalue weighted by Crippen LogP contribution is 2.26. The summed E-state index contributed by atoms with van der Waals surface area (Å²) in [6, 6.07) is 10.5. The number of ether oxygens (including phenoxy) is 1. The van der Waals surface area contributed by atoms with Gasteiger partial charge in [0.25, 0.3) is 0 Å². The van der Waals surface area contributed by atoms with E-state index in [9.17, 15) is 9.59 Å². The molecule has 2 amide bonds. The second-order valence-corrected chi connectivity index (χ2v) is 9.59. The van der Waals surface area contributed by atoms with Crippen molar-refractivity contribution >= 4 is 34.8 Å². The van der Waals surface area contributed by atoms with Crippen molar-refractivity contribution in [1.82, 2.24) is 25.8 Å². The Balaban J connectivity index is 1.23. The molecule has 1 aromatic carbocycles. The van der Waals surface area contributed by atoms with Crippen LogP contribution in [-0.4, -0.2) is 104 Å². The van der Waals surface area contributed by atoms with E-state index >= 15 is 0 Å². The number of fused-ring (bicyclic) bond motifs is 1. The summed E-state index contributed by atoms with van der Waals surface area (Å²) in [6.07, 6.45) is 1.96. The lowest BCUT2D eigenvalue weighted by atomic mass is 10.0. The summed E-state index contributed by atoms with van der Waals surface area (Å²) in [6.45, 7) is 5.78. The monoisotopic (exact) mass is 488 g/mol. The smallest absolute Gasteiger partial charge is 0.237 e. The van der Waals surface area contributed by atoms with Crippen molar-refractivity contribution in [3.05, 3.63) is 30.3 Å². The molecule has 186 valence electrons. The van der Waals surface area contributed by atoms with Crippen LogP contribution >= 0.6 is 12.2 Å². The van der Waals surface area contributed by atoms with E-state index in [0.717, 1.165) is 39.1 Å². The van der Waals surface area contributed by atoms with E-state index in [-0.39, 0.29) is 29.9 Å². The van der Waals surface area contributed by atoms with Crippen LogP contribution < -0.4 is 20.9 Å². The second-order valence-electron chi connectivity index (χ2n) is 9.18. The molecule has 4 rings (SSSR count). The van der Waals surface area contributed by atoms with Crippen LogP contribution in [0.5, 0.6) is 0 Å². The summed E-state index contributed by atoms with van der Waals surface area (Å²) in [5.74, 6) is 0.278. The number of nitrogens with one attached hydrogen (secondary N) is 3. The van der Waals surface area contributed by atoms with Crippen molar-refractivity contribution in [2.75, 3.05) is 64.4 Å². The largest absolute Gasteiger partial charge is 0.383 e. The third-order valence-electron chi connectivity index (χ3n) is 7.00. The molecule has 34 heavy (non-hydrogen) atoms. The first kappa shape index (κ1) is 24.7. The minimum atomic E-state index is -0.164. The zero-order valence-electron chi connectivity index (χ0n) is 19.9. The minimum Gasteiger partial charge on any atom is -0.383 e. The Kier molecular flexibility index (Phi) is 8.58. The van der Waals surface area contributed by atoms with E-state index in [1.807, 2.05) is 23.1 Å². The van der Waals surface area contributed by atoms with Gasteiger partial charge in [-0.05, 0) is 37.2 Å². The van der Waals surface area contributed by atoms with Gasteiger partial charge < -0.3 is 30.5 Å². The summed E-state index contributed by atoms with van der Waals surface area (Å²) in [4.78, 5) is 32.0. The number of amides is 2.